The van der Waals surface area contributed by atoms with Crippen LogP contribution in [-0.2, 0) is 24.3 Å². The van der Waals surface area contributed by atoms with Crippen LogP contribution in [0.5, 0.6) is 11.6 Å². The van der Waals surface area contributed by atoms with E-state index in [0.717, 1.165) is 18.2 Å². The number of nitriles is 1. The average Bonchev–Trinajstić information content (AvgIpc) is 3.36. The van der Waals surface area contributed by atoms with E-state index in [9.17, 15) is 14.3 Å². The summed E-state index contributed by atoms with van der Waals surface area (Å²) in [6.07, 6.45) is -0.0790. The molecule has 0 aliphatic rings. The number of hydrogen-bond acceptors (Lipinski definition) is 7. The number of aromatic carboxylic acids is 1. The first-order valence-electron chi connectivity index (χ1n) is 13.3. The van der Waals surface area contributed by atoms with Crippen LogP contribution in [0.15, 0.2) is 60.7 Å². The van der Waals surface area contributed by atoms with E-state index in [0.29, 0.717) is 23.4 Å². The van der Waals surface area contributed by atoms with Crippen molar-refractivity contribution in [2.24, 2.45) is 0 Å². The van der Waals surface area contributed by atoms with Crippen LogP contribution in [0.2, 0.25) is 0 Å². The predicted molar refractivity (Wildman–Crippen MR) is 153 cm³/mol. The standard InChI is InChI=1S/C32H25F3N4O5/c1-42-10-9-39-28-13-19(32(40)41)5-6-27(28)37-30(39)14-21-12-25(35)22(15-24(21)34)26-7-8-29(43-2)31(38-26)44-17-20-4-3-18(16-36)11-23(20)33/h3-8,11-13,15H,9-10,14,17H2,1-2H3,(H,40,41). The Bertz CT molecular complexity index is 1920. The van der Waals surface area contributed by atoms with Crippen molar-refractivity contribution in [2.45, 2.75) is 19.6 Å². The van der Waals surface area contributed by atoms with E-state index in [-0.39, 0.29) is 64.8 Å². The minimum Gasteiger partial charge on any atom is -0.491 e. The lowest BCUT2D eigenvalue weighted by atomic mass is 10.0. The van der Waals surface area contributed by atoms with Crippen molar-refractivity contribution in [3.05, 3.63) is 106 Å². The minimum absolute atomic E-state index is 0.0277. The number of halogens is 3. The first-order valence-corrected chi connectivity index (χ1v) is 13.3. The molecule has 0 atom stereocenters. The number of methoxy groups -OCH3 is 2. The van der Waals surface area contributed by atoms with E-state index < -0.39 is 23.4 Å². The van der Waals surface area contributed by atoms with Crippen molar-refractivity contribution in [1.82, 2.24) is 14.5 Å². The van der Waals surface area contributed by atoms with Gasteiger partial charge in [0.1, 0.15) is 29.9 Å². The molecule has 0 amide bonds. The van der Waals surface area contributed by atoms with Crippen LogP contribution < -0.4 is 9.47 Å². The van der Waals surface area contributed by atoms with Crippen molar-refractivity contribution in [2.75, 3.05) is 20.8 Å². The van der Waals surface area contributed by atoms with E-state index in [1.165, 1.54) is 50.6 Å². The Morgan fingerprint density at radius 1 is 0.955 bits per heavy atom. The van der Waals surface area contributed by atoms with Crippen molar-refractivity contribution < 1.29 is 37.3 Å². The third kappa shape index (κ3) is 6.18. The molecule has 0 spiro atoms. The molecule has 1 N–H and O–H groups in total. The highest BCUT2D eigenvalue weighted by atomic mass is 19.1. The molecule has 2 heterocycles. The fourth-order valence-corrected chi connectivity index (χ4v) is 4.68. The second-order valence-electron chi connectivity index (χ2n) is 9.69. The normalized spacial score (nSPS) is 11.0. The molecular weight excluding hydrogens is 577 g/mol. The summed E-state index contributed by atoms with van der Waals surface area (Å²) in [4.78, 5) is 20.3. The molecule has 0 fully saturated rings. The van der Waals surface area contributed by atoms with Gasteiger partial charge in [-0.15, -0.1) is 0 Å². The van der Waals surface area contributed by atoms with Gasteiger partial charge in [0.2, 0.25) is 0 Å². The monoisotopic (exact) mass is 602 g/mol. The summed E-state index contributed by atoms with van der Waals surface area (Å²) in [5.74, 6) is -2.67. The second kappa shape index (κ2) is 12.8. The number of hydrogen-bond donors (Lipinski definition) is 1. The van der Waals surface area contributed by atoms with Crippen molar-refractivity contribution >= 4 is 17.0 Å². The van der Waals surface area contributed by atoms with E-state index >= 15 is 8.78 Å². The molecule has 2 aromatic heterocycles. The van der Waals surface area contributed by atoms with E-state index in [2.05, 4.69) is 9.97 Å². The van der Waals surface area contributed by atoms with Crippen LogP contribution in [0.25, 0.3) is 22.3 Å². The maximum Gasteiger partial charge on any atom is 0.335 e. The first-order chi connectivity index (χ1) is 21.2. The summed E-state index contributed by atoms with van der Waals surface area (Å²) in [5.41, 5.74) is 1.38. The van der Waals surface area contributed by atoms with Gasteiger partial charge in [0.05, 0.1) is 47.6 Å². The second-order valence-corrected chi connectivity index (χ2v) is 9.69. The fourth-order valence-electron chi connectivity index (χ4n) is 4.68. The fraction of sp³-hybridized carbons (Fsp3) is 0.188. The lowest BCUT2D eigenvalue weighted by Crippen LogP contribution is -2.10. The quantitative estimate of drug-likeness (QED) is 0.198. The molecule has 0 saturated carbocycles. The molecule has 5 rings (SSSR count). The van der Waals surface area contributed by atoms with Crippen LogP contribution in [-0.4, -0.2) is 46.4 Å². The maximum atomic E-state index is 15.5. The van der Waals surface area contributed by atoms with Gasteiger partial charge >= 0.3 is 5.97 Å². The summed E-state index contributed by atoms with van der Waals surface area (Å²) in [5, 5.41) is 18.3. The van der Waals surface area contributed by atoms with Crippen molar-refractivity contribution in [3.8, 4) is 29.0 Å². The number of nitrogens with zero attached hydrogens (tertiary/aromatic N) is 4. The summed E-state index contributed by atoms with van der Waals surface area (Å²) in [7, 11) is 2.90. The van der Waals surface area contributed by atoms with E-state index in [1.54, 1.807) is 10.6 Å². The molecule has 3 aromatic carbocycles. The third-order valence-corrected chi connectivity index (χ3v) is 6.95. The average molecular weight is 603 g/mol. The molecule has 12 heteroatoms. The molecule has 9 nitrogen and oxygen atoms in total. The number of benzene rings is 3. The largest absolute Gasteiger partial charge is 0.491 e. The van der Waals surface area contributed by atoms with Crippen molar-refractivity contribution in [1.29, 1.82) is 5.26 Å². The Morgan fingerprint density at radius 2 is 1.75 bits per heavy atom. The molecule has 0 bridgehead atoms. The minimum atomic E-state index is -1.10. The highest BCUT2D eigenvalue weighted by molar-refractivity contribution is 5.92. The van der Waals surface area contributed by atoms with Gasteiger partial charge in [0.25, 0.3) is 5.88 Å². The Labute approximate surface area is 249 Å². The lowest BCUT2D eigenvalue weighted by Gasteiger charge is -2.13. The van der Waals surface area contributed by atoms with Crippen LogP contribution in [0, 0.1) is 28.8 Å². The SMILES string of the molecule is COCCn1c(Cc2cc(F)c(-c3ccc(OC)c(OCc4ccc(C#N)cc4F)n3)cc2F)nc2ccc(C(=O)O)cc21. The number of carbonyl (C=O) groups is 1. The molecule has 44 heavy (non-hydrogen) atoms. The lowest BCUT2D eigenvalue weighted by molar-refractivity contribution is 0.0697. The molecule has 0 radical (unpaired) electrons. The van der Waals surface area contributed by atoms with E-state index in [4.69, 9.17) is 19.5 Å². The van der Waals surface area contributed by atoms with Gasteiger partial charge < -0.3 is 23.9 Å². The smallest absolute Gasteiger partial charge is 0.335 e. The Hall–Kier alpha value is -5.41. The highest BCUT2D eigenvalue weighted by Crippen LogP contribution is 2.32. The van der Waals surface area contributed by atoms with Gasteiger partial charge in [0.15, 0.2) is 5.75 Å². The number of carboxylic acid groups (broad SMARTS) is 1. The molecule has 5 aromatic rings. The summed E-state index contributed by atoms with van der Waals surface area (Å²) in [6, 6.07) is 15.3. The van der Waals surface area contributed by atoms with Gasteiger partial charge in [-0.3, -0.25) is 0 Å². The van der Waals surface area contributed by atoms with Crippen LogP contribution >= 0.6 is 0 Å². The zero-order valence-corrected chi connectivity index (χ0v) is 23.6. The summed E-state index contributed by atoms with van der Waals surface area (Å²) in [6.45, 7) is 0.355. The number of ether oxygens (including phenoxy) is 3. The molecule has 0 aliphatic carbocycles. The van der Waals surface area contributed by atoms with Crippen LogP contribution in [0.3, 0.4) is 0 Å². The number of fused-ring (bicyclic) bond motifs is 1. The third-order valence-electron chi connectivity index (χ3n) is 6.95. The van der Waals surface area contributed by atoms with Crippen molar-refractivity contribution in [3.63, 3.8) is 0 Å². The molecular formula is C32H25F3N4O5. The van der Waals surface area contributed by atoms with Gasteiger partial charge in [-0.25, -0.2) is 27.9 Å². The number of pyridine rings is 1. The van der Waals surface area contributed by atoms with Crippen LogP contribution in [0.4, 0.5) is 13.2 Å². The summed E-state index contributed by atoms with van der Waals surface area (Å²) >= 11 is 0. The number of rotatable bonds is 11. The zero-order valence-electron chi connectivity index (χ0n) is 23.6. The molecule has 0 aliphatic heterocycles. The number of aromatic nitrogens is 3. The van der Waals surface area contributed by atoms with Gasteiger partial charge in [0, 0.05) is 31.2 Å². The first kappa shape index (κ1) is 30.1. The van der Waals surface area contributed by atoms with Crippen LogP contribution in [0.1, 0.15) is 32.9 Å². The molecule has 0 saturated heterocycles. The van der Waals surface area contributed by atoms with Gasteiger partial charge in [-0.1, -0.05) is 6.07 Å². The number of carboxylic acids is 1. The van der Waals surface area contributed by atoms with Gasteiger partial charge in [-0.05, 0) is 60.2 Å². The van der Waals surface area contributed by atoms with E-state index in [1.807, 2.05) is 6.07 Å². The number of imidazole rings is 1. The molecule has 0 unspecified atom stereocenters. The maximum absolute atomic E-state index is 15.5. The Kier molecular flexibility index (Phi) is 8.78. The molecule has 224 valence electrons. The Balaban J connectivity index is 1.44. The topological polar surface area (TPSA) is 119 Å². The highest BCUT2D eigenvalue weighted by Gasteiger charge is 2.19. The zero-order chi connectivity index (χ0) is 31.4. The van der Waals surface area contributed by atoms with Gasteiger partial charge in [-0.2, -0.15) is 5.26 Å². The summed E-state index contributed by atoms with van der Waals surface area (Å²) < 4.78 is 63.2. The predicted octanol–water partition coefficient (Wildman–Crippen LogP) is 5.91. The Morgan fingerprint density at radius 3 is 2.45 bits per heavy atom.